The van der Waals surface area contributed by atoms with Gasteiger partial charge in [0.2, 0.25) is 10.0 Å². The molecule has 96 valence electrons. The van der Waals surface area contributed by atoms with Gasteiger partial charge in [-0.15, -0.1) is 11.3 Å². The van der Waals surface area contributed by atoms with Gasteiger partial charge >= 0.3 is 0 Å². The highest BCUT2D eigenvalue weighted by Gasteiger charge is 2.07. The Hall–Kier alpha value is -1.24. The van der Waals surface area contributed by atoms with Crippen LogP contribution in [0.1, 0.15) is 12.5 Å². The minimum atomic E-state index is -3.16. The number of hydrogen-bond acceptors (Lipinski definition) is 4. The summed E-state index contributed by atoms with van der Waals surface area (Å²) in [7, 11) is -3.16. The molecule has 0 saturated heterocycles. The van der Waals surface area contributed by atoms with Crippen molar-refractivity contribution in [2.45, 2.75) is 13.5 Å². The van der Waals surface area contributed by atoms with Crippen molar-refractivity contribution in [3.63, 3.8) is 0 Å². The van der Waals surface area contributed by atoms with Gasteiger partial charge in [-0.25, -0.2) is 13.1 Å². The van der Waals surface area contributed by atoms with Crippen LogP contribution in [0.15, 0.2) is 36.0 Å². The largest absolute Gasteiger partial charge is 0.264 e. The predicted octanol–water partition coefficient (Wildman–Crippen LogP) is 2.25. The van der Waals surface area contributed by atoms with E-state index in [-0.39, 0.29) is 12.3 Å². The summed E-state index contributed by atoms with van der Waals surface area (Å²) in [5, 5.41) is 2.00. The summed E-state index contributed by atoms with van der Waals surface area (Å²) in [4.78, 5) is 5.27. The smallest absolute Gasteiger partial charge is 0.211 e. The van der Waals surface area contributed by atoms with Crippen LogP contribution >= 0.6 is 11.3 Å². The van der Waals surface area contributed by atoms with E-state index in [9.17, 15) is 8.42 Å². The molecule has 2 heterocycles. The SMILES string of the molecule is CCS(=O)(=O)NCc1cncc(-c2cccs2)c1. The summed E-state index contributed by atoms with van der Waals surface area (Å²) in [6.07, 6.45) is 3.46. The van der Waals surface area contributed by atoms with E-state index < -0.39 is 10.0 Å². The van der Waals surface area contributed by atoms with Crippen LogP contribution in [0.5, 0.6) is 0 Å². The Labute approximate surface area is 111 Å². The molecule has 0 saturated carbocycles. The van der Waals surface area contributed by atoms with Crippen molar-refractivity contribution in [1.82, 2.24) is 9.71 Å². The fourth-order valence-corrected chi connectivity index (χ4v) is 2.76. The lowest BCUT2D eigenvalue weighted by Gasteiger charge is -2.05. The van der Waals surface area contributed by atoms with Gasteiger partial charge in [0.25, 0.3) is 0 Å². The van der Waals surface area contributed by atoms with E-state index >= 15 is 0 Å². The third-order valence-electron chi connectivity index (χ3n) is 2.48. The molecule has 0 aliphatic carbocycles. The van der Waals surface area contributed by atoms with Crippen LogP contribution in [0, 0.1) is 0 Å². The molecule has 2 aromatic heterocycles. The second kappa shape index (κ2) is 5.60. The number of sulfonamides is 1. The minimum Gasteiger partial charge on any atom is -0.264 e. The number of rotatable bonds is 5. The highest BCUT2D eigenvalue weighted by Crippen LogP contribution is 2.24. The standard InChI is InChI=1S/C12H14N2O2S2/c1-2-18(15,16)14-8-10-6-11(9-13-7-10)12-4-3-5-17-12/h3-7,9,14H,2,8H2,1H3. The summed E-state index contributed by atoms with van der Waals surface area (Å²) in [5.41, 5.74) is 1.87. The van der Waals surface area contributed by atoms with E-state index in [0.717, 1.165) is 16.0 Å². The Morgan fingerprint density at radius 1 is 1.39 bits per heavy atom. The maximum Gasteiger partial charge on any atom is 0.211 e. The Bertz CT molecular complexity index is 607. The Kier molecular flexibility index (Phi) is 4.11. The molecule has 2 aromatic rings. The Balaban J connectivity index is 2.14. The summed E-state index contributed by atoms with van der Waals surface area (Å²) < 4.78 is 25.2. The fourth-order valence-electron chi connectivity index (χ4n) is 1.46. The number of hydrogen-bond donors (Lipinski definition) is 1. The lowest BCUT2D eigenvalue weighted by Crippen LogP contribution is -2.24. The first-order valence-electron chi connectivity index (χ1n) is 5.56. The van der Waals surface area contributed by atoms with Crippen LogP contribution in [-0.4, -0.2) is 19.2 Å². The molecule has 0 aliphatic rings. The molecule has 6 heteroatoms. The topological polar surface area (TPSA) is 59.1 Å². The first-order valence-corrected chi connectivity index (χ1v) is 8.09. The molecular formula is C12H14N2O2S2. The Morgan fingerprint density at radius 2 is 2.22 bits per heavy atom. The van der Waals surface area contributed by atoms with Crippen molar-refractivity contribution in [3.8, 4) is 10.4 Å². The van der Waals surface area contributed by atoms with Gasteiger partial charge in [-0.1, -0.05) is 6.07 Å². The lowest BCUT2D eigenvalue weighted by molar-refractivity contribution is 0.582. The normalized spacial score (nSPS) is 11.6. The monoisotopic (exact) mass is 282 g/mol. The molecule has 1 N–H and O–H groups in total. The molecule has 0 aromatic carbocycles. The van der Waals surface area contributed by atoms with Gasteiger partial charge in [-0.3, -0.25) is 4.98 Å². The fraction of sp³-hybridized carbons (Fsp3) is 0.250. The molecule has 0 unspecified atom stereocenters. The average Bonchev–Trinajstić information content (AvgIpc) is 2.91. The number of nitrogens with one attached hydrogen (secondary N) is 1. The number of aromatic nitrogens is 1. The highest BCUT2D eigenvalue weighted by molar-refractivity contribution is 7.89. The van der Waals surface area contributed by atoms with E-state index in [0.29, 0.717) is 0 Å². The van der Waals surface area contributed by atoms with Crippen LogP contribution in [0.3, 0.4) is 0 Å². The maximum absolute atomic E-state index is 11.4. The lowest BCUT2D eigenvalue weighted by atomic mass is 10.2. The molecule has 18 heavy (non-hydrogen) atoms. The predicted molar refractivity (Wildman–Crippen MR) is 73.9 cm³/mol. The molecule has 0 spiro atoms. The molecule has 0 radical (unpaired) electrons. The van der Waals surface area contributed by atoms with Crippen molar-refractivity contribution in [2.75, 3.05) is 5.75 Å². The summed E-state index contributed by atoms with van der Waals surface area (Å²) in [6, 6.07) is 5.95. The van der Waals surface area contributed by atoms with Crippen LogP contribution in [0.2, 0.25) is 0 Å². The summed E-state index contributed by atoms with van der Waals surface area (Å²) >= 11 is 1.63. The second-order valence-corrected chi connectivity index (χ2v) is 6.83. The van der Waals surface area contributed by atoms with Crippen LogP contribution in [-0.2, 0) is 16.6 Å². The maximum atomic E-state index is 11.4. The van der Waals surface area contributed by atoms with E-state index in [2.05, 4.69) is 9.71 Å². The zero-order chi connectivity index (χ0) is 13.0. The van der Waals surface area contributed by atoms with Crippen molar-refractivity contribution in [3.05, 3.63) is 41.5 Å². The molecular weight excluding hydrogens is 268 g/mol. The molecule has 0 aliphatic heterocycles. The highest BCUT2D eigenvalue weighted by atomic mass is 32.2. The summed E-state index contributed by atoms with van der Waals surface area (Å²) in [5.74, 6) is 0.0883. The Morgan fingerprint density at radius 3 is 2.89 bits per heavy atom. The molecule has 0 atom stereocenters. The van der Waals surface area contributed by atoms with Gasteiger partial charge in [0, 0.05) is 29.4 Å². The quantitative estimate of drug-likeness (QED) is 0.915. The third kappa shape index (κ3) is 3.38. The number of nitrogens with zero attached hydrogens (tertiary/aromatic N) is 1. The first-order chi connectivity index (χ1) is 8.61. The zero-order valence-electron chi connectivity index (χ0n) is 9.96. The average molecular weight is 282 g/mol. The van der Waals surface area contributed by atoms with Crippen LogP contribution < -0.4 is 4.72 Å². The van der Waals surface area contributed by atoms with Gasteiger partial charge in [0.15, 0.2) is 0 Å². The van der Waals surface area contributed by atoms with Gasteiger partial charge in [-0.2, -0.15) is 0 Å². The van der Waals surface area contributed by atoms with Gasteiger partial charge in [-0.05, 0) is 30.0 Å². The van der Waals surface area contributed by atoms with E-state index in [1.807, 2.05) is 23.6 Å². The van der Waals surface area contributed by atoms with Crippen molar-refractivity contribution in [2.24, 2.45) is 0 Å². The van der Waals surface area contributed by atoms with E-state index in [4.69, 9.17) is 0 Å². The van der Waals surface area contributed by atoms with Gasteiger partial charge in [0.05, 0.1) is 5.75 Å². The van der Waals surface area contributed by atoms with Crippen LogP contribution in [0.25, 0.3) is 10.4 Å². The molecule has 2 rings (SSSR count). The second-order valence-electron chi connectivity index (χ2n) is 3.78. The van der Waals surface area contributed by atoms with Crippen molar-refractivity contribution < 1.29 is 8.42 Å². The molecule has 0 fully saturated rings. The van der Waals surface area contributed by atoms with E-state index in [1.54, 1.807) is 30.7 Å². The third-order valence-corrected chi connectivity index (χ3v) is 4.74. The molecule has 0 bridgehead atoms. The molecule has 0 amide bonds. The zero-order valence-corrected chi connectivity index (χ0v) is 11.6. The van der Waals surface area contributed by atoms with Crippen LogP contribution in [0.4, 0.5) is 0 Å². The number of pyridine rings is 1. The van der Waals surface area contributed by atoms with Crippen molar-refractivity contribution in [1.29, 1.82) is 0 Å². The van der Waals surface area contributed by atoms with Gasteiger partial charge in [0.1, 0.15) is 0 Å². The molecule has 4 nitrogen and oxygen atoms in total. The van der Waals surface area contributed by atoms with E-state index in [1.165, 1.54) is 0 Å². The van der Waals surface area contributed by atoms with Crippen molar-refractivity contribution >= 4 is 21.4 Å². The first kappa shape index (κ1) is 13.2. The van der Waals surface area contributed by atoms with Gasteiger partial charge < -0.3 is 0 Å². The minimum absolute atomic E-state index is 0.0883. The number of thiophene rings is 1. The summed E-state index contributed by atoms with van der Waals surface area (Å²) in [6.45, 7) is 1.89.